The van der Waals surface area contributed by atoms with Gasteiger partial charge in [0.1, 0.15) is 29.6 Å². The zero-order valence-electron chi connectivity index (χ0n) is 15.7. The Hall–Kier alpha value is -3.49. The Balaban J connectivity index is 1.64. The molecule has 1 amide bonds. The molecule has 0 saturated carbocycles. The molecular weight excluding hydrogens is 401 g/mol. The molecule has 4 heterocycles. The van der Waals surface area contributed by atoms with Crippen molar-refractivity contribution in [3.8, 4) is 11.5 Å². The number of hydrogen-bond donors (Lipinski definition) is 0. The number of amides is 1. The summed E-state index contributed by atoms with van der Waals surface area (Å²) in [6.45, 7) is -0.146. The summed E-state index contributed by atoms with van der Waals surface area (Å²) >= 11 is 0. The van der Waals surface area contributed by atoms with Crippen molar-refractivity contribution < 1.29 is 31.9 Å². The third-order valence-corrected chi connectivity index (χ3v) is 5.43. The summed E-state index contributed by atoms with van der Waals surface area (Å²) in [5.41, 5.74) is 0.320. The van der Waals surface area contributed by atoms with Crippen molar-refractivity contribution in [3.05, 3.63) is 71.4 Å². The number of halogens is 3. The van der Waals surface area contributed by atoms with Gasteiger partial charge in [0, 0.05) is 11.8 Å². The lowest BCUT2D eigenvalue weighted by molar-refractivity contribution is -0.153. The van der Waals surface area contributed by atoms with Crippen LogP contribution in [-0.4, -0.2) is 24.6 Å². The van der Waals surface area contributed by atoms with E-state index in [2.05, 4.69) is 4.98 Å². The molecule has 1 spiro atoms. The van der Waals surface area contributed by atoms with Crippen molar-refractivity contribution >= 4 is 11.6 Å². The number of nitrogens with zero attached hydrogens (tertiary/aromatic N) is 2. The zero-order chi connectivity index (χ0) is 21.1. The van der Waals surface area contributed by atoms with Crippen molar-refractivity contribution in [1.29, 1.82) is 0 Å². The normalized spacial score (nSPS) is 19.7. The molecule has 1 unspecified atom stereocenters. The number of carbonyl (C=O) groups is 1. The molecule has 0 bridgehead atoms. The van der Waals surface area contributed by atoms with Crippen molar-refractivity contribution in [3.63, 3.8) is 0 Å². The molecule has 2 aliphatic heterocycles. The molecule has 30 heavy (non-hydrogen) atoms. The van der Waals surface area contributed by atoms with Crippen LogP contribution in [0.3, 0.4) is 0 Å². The van der Waals surface area contributed by atoms with Gasteiger partial charge in [-0.1, -0.05) is 6.07 Å². The number of rotatable bonds is 3. The first-order valence-corrected chi connectivity index (χ1v) is 9.10. The quantitative estimate of drug-likeness (QED) is 0.648. The van der Waals surface area contributed by atoms with Gasteiger partial charge in [-0.15, -0.1) is 0 Å². The molecule has 2 aromatic heterocycles. The molecule has 6 nitrogen and oxygen atoms in total. The summed E-state index contributed by atoms with van der Waals surface area (Å²) in [5, 5.41) is 0. The van der Waals surface area contributed by atoms with E-state index in [1.165, 1.54) is 18.1 Å². The minimum Gasteiger partial charge on any atom is -0.496 e. The largest absolute Gasteiger partial charge is 0.496 e. The summed E-state index contributed by atoms with van der Waals surface area (Å²) in [6.07, 6.45) is -3.03. The number of anilines is 1. The minimum atomic E-state index is -4.60. The number of ether oxygens (including phenoxy) is 2. The van der Waals surface area contributed by atoms with Crippen LogP contribution < -0.4 is 14.4 Å². The predicted octanol–water partition coefficient (Wildman–Crippen LogP) is 3.93. The van der Waals surface area contributed by atoms with Crippen molar-refractivity contribution in [1.82, 2.24) is 4.98 Å². The third-order valence-electron chi connectivity index (χ3n) is 5.43. The van der Waals surface area contributed by atoms with E-state index >= 15 is 0 Å². The van der Waals surface area contributed by atoms with Crippen LogP contribution in [0, 0.1) is 0 Å². The number of furan rings is 1. The van der Waals surface area contributed by atoms with E-state index < -0.39 is 17.4 Å². The summed E-state index contributed by atoms with van der Waals surface area (Å²) in [6, 6.07) is 10.7. The molecule has 1 aromatic carbocycles. The maximum Gasteiger partial charge on any atom is 0.449 e. The van der Waals surface area contributed by atoms with Crippen LogP contribution in [0.4, 0.5) is 18.9 Å². The fraction of sp³-hybridized carbons (Fsp3) is 0.238. The number of alkyl halides is 3. The lowest BCUT2D eigenvalue weighted by Gasteiger charge is -2.22. The average Bonchev–Trinajstić information content (AvgIpc) is 3.41. The first-order chi connectivity index (χ1) is 14.4. The standard InChI is InChI=1S/C21H15F3N2O4/c1-28-14-5-2-4-13-17(14)20(11-29-15-6-3-9-25-18(15)20)19(27)26(13)10-12-7-8-16(30-12)21(22,23)24/h2-9H,10-11H2,1H3. The summed E-state index contributed by atoms with van der Waals surface area (Å²) in [4.78, 5) is 19.5. The SMILES string of the molecule is COc1cccc2c1C1(COc3cccnc31)C(=O)N2Cc1ccc(C(F)(F)F)o1. The van der Waals surface area contributed by atoms with E-state index in [4.69, 9.17) is 13.9 Å². The van der Waals surface area contributed by atoms with Crippen molar-refractivity contribution in [2.24, 2.45) is 0 Å². The Kier molecular flexibility index (Phi) is 3.86. The highest BCUT2D eigenvalue weighted by Crippen LogP contribution is 2.54. The van der Waals surface area contributed by atoms with E-state index in [9.17, 15) is 18.0 Å². The second-order valence-corrected chi connectivity index (χ2v) is 7.05. The van der Waals surface area contributed by atoms with Crippen molar-refractivity contribution in [2.75, 3.05) is 18.6 Å². The first kappa shape index (κ1) is 18.5. The van der Waals surface area contributed by atoms with Gasteiger partial charge in [0.25, 0.3) is 0 Å². The van der Waals surface area contributed by atoms with Crippen LogP contribution in [-0.2, 0) is 22.9 Å². The molecule has 0 aliphatic carbocycles. The Morgan fingerprint density at radius 1 is 1.20 bits per heavy atom. The van der Waals surface area contributed by atoms with Crippen LogP contribution in [0.25, 0.3) is 0 Å². The molecule has 0 fully saturated rings. The van der Waals surface area contributed by atoms with Gasteiger partial charge in [0.05, 0.1) is 19.3 Å². The maximum atomic E-state index is 13.7. The van der Waals surface area contributed by atoms with Crippen LogP contribution in [0.5, 0.6) is 11.5 Å². The Bertz CT molecular complexity index is 1160. The number of aromatic nitrogens is 1. The van der Waals surface area contributed by atoms with Gasteiger partial charge in [-0.3, -0.25) is 9.78 Å². The van der Waals surface area contributed by atoms with Crippen LogP contribution in [0.2, 0.25) is 0 Å². The van der Waals surface area contributed by atoms with Gasteiger partial charge >= 0.3 is 6.18 Å². The first-order valence-electron chi connectivity index (χ1n) is 9.10. The zero-order valence-corrected chi connectivity index (χ0v) is 15.7. The van der Waals surface area contributed by atoms with Gasteiger partial charge < -0.3 is 18.8 Å². The number of carbonyl (C=O) groups excluding carboxylic acids is 1. The lowest BCUT2D eigenvalue weighted by atomic mass is 9.79. The average molecular weight is 416 g/mol. The molecule has 1 atom stereocenters. The van der Waals surface area contributed by atoms with Gasteiger partial charge in [-0.25, -0.2) is 0 Å². The molecular formula is C21H15F3N2O4. The highest BCUT2D eigenvalue weighted by atomic mass is 19.4. The molecule has 5 rings (SSSR count). The smallest absolute Gasteiger partial charge is 0.449 e. The number of hydrogen-bond acceptors (Lipinski definition) is 5. The third kappa shape index (κ3) is 2.44. The number of pyridine rings is 1. The number of fused-ring (bicyclic) bond motifs is 4. The summed E-state index contributed by atoms with van der Waals surface area (Å²) < 4.78 is 55.0. The highest BCUT2D eigenvalue weighted by Gasteiger charge is 2.59. The molecule has 2 aliphatic rings. The fourth-order valence-corrected chi connectivity index (χ4v) is 4.15. The Morgan fingerprint density at radius 3 is 2.77 bits per heavy atom. The fourth-order valence-electron chi connectivity index (χ4n) is 4.15. The van der Waals surface area contributed by atoms with E-state index in [1.807, 2.05) is 0 Å². The minimum absolute atomic E-state index is 0.0154. The topological polar surface area (TPSA) is 64.8 Å². The monoisotopic (exact) mass is 416 g/mol. The van der Waals surface area contributed by atoms with E-state index in [1.54, 1.807) is 36.5 Å². The lowest BCUT2D eigenvalue weighted by Crippen LogP contribution is -2.42. The van der Waals surface area contributed by atoms with Gasteiger partial charge in [0.15, 0.2) is 5.41 Å². The molecule has 0 N–H and O–H groups in total. The van der Waals surface area contributed by atoms with E-state index in [-0.39, 0.29) is 24.8 Å². The molecule has 154 valence electrons. The summed E-state index contributed by atoms with van der Waals surface area (Å²) in [5.74, 6) is -0.491. The second kappa shape index (κ2) is 6.25. The van der Waals surface area contributed by atoms with Crippen LogP contribution in [0.1, 0.15) is 22.8 Å². The number of benzene rings is 1. The van der Waals surface area contributed by atoms with Gasteiger partial charge in [-0.05, 0) is 36.4 Å². The van der Waals surface area contributed by atoms with Gasteiger partial charge in [-0.2, -0.15) is 13.2 Å². The number of methoxy groups -OCH3 is 1. The van der Waals surface area contributed by atoms with Crippen LogP contribution in [0.15, 0.2) is 53.1 Å². The Morgan fingerprint density at radius 2 is 2.03 bits per heavy atom. The molecule has 3 aromatic rings. The molecule has 0 radical (unpaired) electrons. The van der Waals surface area contributed by atoms with Crippen molar-refractivity contribution in [2.45, 2.75) is 18.1 Å². The molecule has 9 heteroatoms. The summed E-state index contributed by atoms with van der Waals surface area (Å²) in [7, 11) is 1.49. The van der Waals surface area contributed by atoms with E-state index in [0.717, 1.165) is 6.07 Å². The predicted molar refractivity (Wildman–Crippen MR) is 98.4 cm³/mol. The highest BCUT2D eigenvalue weighted by molar-refractivity contribution is 6.12. The van der Waals surface area contributed by atoms with Gasteiger partial charge in [0.2, 0.25) is 11.7 Å². The molecule has 0 saturated heterocycles. The van der Waals surface area contributed by atoms with E-state index in [0.29, 0.717) is 28.4 Å². The Labute approximate surface area is 168 Å². The van der Waals surface area contributed by atoms with Crippen LogP contribution >= 0.6 is 0 Å². The maximum absolute atomic E-state index is 13.7. The second-order valence-electron chi connectivity index (χ2n) is 7.05.